The van der Waals surface area contributed by atoms with Crippen molar-refractivity contribution in [3.05, 3.63) is 63.7 Å². The van der Waals surface area contributed by atoms with E-state index in [-0.39, 0.29) is 24.8 Å². The van der Waals surface area contributed by atoms with Crippen LogP contribution in [0.5, 0.6) is 5.75 Å². The maximum atomic E-state index is 14.2. The highest BCUT2D eigenvalue weighted by molar-refractivity contribution is 6.20. The zero-order valence-electron chi connectivity index (χ0n) is 20.8. The zero-order valence-corrected chi connectivity index (χ0v) is 20.8. The molecule has 2 fully saturated rings. The number of benzene rings is 2. The fraction of sp³-hybridized carbons (Fsp3) is 0.423. The average Bonchev–Trinajstić information content (AvgIpc) is 2.87. The van der Waals surface area contributed by atoms with Gasteiger partial charge in [-0.15, -0.1) is 0 Å². The number of amides is 4. The number of nitro groups is 1. The maximum Gasteiger partial charge on any atom is 0.330 e. The molecule has 0 aromatic heterocycles. The fourth-order valence-corrected chi connectivity index (χ4v) is 5.91. The average molecular weight is 509 g/mol. The van der Waals surface area contributed by atoms with Crippen molar-refractivity contribution in [3.63, 3.8) is 0 Å². The number of barbiturate groups is 1. The van der Waals surface area contributed by atoms with E-state index in [9.17, 15) is 24.5 Å². The number of nitro benzene ring substituents is 1. The van der Waals surface area contributed by atoms with Gasteiger partial charge in [-0.05, 0) is 49.6 Å². The Labute approximate surface area is 213 Å². The summed E-state index contributed by atoms with van der Waals surface area (Å²) in [5, 5.41) is 13.9. The molecule has 5 rings (SSSR count). The number of methoxy groups -OCH3 is 1. The van der Waals surface area contributed by atoms with Crippen molar-refractivity contribution in [1.29, 1.82) is 0 Å². The number of fused-ring (bicyclic) bond motifs is 4. The number of nitrogens with zero attached hydrogens (tertiary/aromatic N) is 3. The first-order chi connectivity index (χ1) is 17.6. The Morgan fingerprint density at radius 2 is 1.89 bits per heavy atom. The van der Waals surface area contributed by atoms with Crippen LogP contribution < -0.4 is 15.0 Å². The van der Waals surface area contributed by atoms with E-state index in [0.29, 0.717) is 24.3 Å². The quantitative estimate of drug-likeness (QED) is 0.370. The Morgan fingerprint density at radius 1 is 1.16 bits per heavy atom. The number of anilines is 1. The van der Waals surface area contributed by atoms with Gasteiger partial charge in [-0.3, -0.25) is 29.9 Å². The minimum atomic E-state index is -1.68. The van der Waals surface area contributed by atoms with E-state index in [1.54, 1.807) is 25.3 Å². The second-order valence-corrected chi connectivity index (χ2v) is 9.78. The molecule has 0 saturated carbocycles. The van der Waals surface area contributed by atoms with Crippen LogP contribution in [-0.2, 0) is 27.2 Å². The third-order valence-corrected chi connectivity index (χ3v) is 7.52. The normalized spacial score (nSPS) is 27.0. The Morgan fingerprint density at radius 3 is 2.57 bits per heavy atom. The molecule has 11 heteroatoms. The van der Waals surface area contributed by atoms with Crippen molar-refractivity contribution >= 4 is 29.2 Å². The molecule has 194 valence electrons. The highest BCUT2D eigenvalue weighted by Gasteiger charge is 2.64. The lowest BCUT2D eigenvalue weighted by Crippen LogP contribution is -2.75. The number of hydrogen-bond acceptors (Lipinski definition) is 8. The molecule has 0 bridgehead atoms. The number of morpholine rings is 1. The number of hydrogen-bond donors (Lipinski definition) is 1. The summed E-state index contributed by atoms with van der Waals surface area (Å²) in [5.74, 6) is -0.636. The number of nitrogens with one attached hydrogen (secondary N) is 1. The van der Waals surface area contributed by atoms with Crippen molar-refractivity contribution in [2.24, 2.45) is 5.41 Å². The van der Waals surface area contributed by atoms with Gasteiger partial charge in [-0.1, -0.05) is 12.1 Å². The first-order valence-electron chi connectivity index (χ1n) is 12.2. The number of urea groups is 1. The first-order valence-corrected chi connectivity index (χ1v) is 12.2. The minimum Gasteiger partial charge on any atom is -0.497 e. The van der Waals surface area contributed by atoms with Crippen molar-refractivity contribution in [2.75, 3.05) is 25.1 Å². The number of rotatable bonds is 5. The van der Waals surface area contributed by atoms with Gasteiger partial charge in [0.15, 0.2) is 5.41 Å². The molecule has 37 heavy (non-hydrogen) atoms. The molecule has 11 nitrogen and oxygen atoms in total. The van der Waals surface area contributed by atoms with Gasteiger partial charge in [0.25, 0.3) is 5.69 Å². The van der Waals surface area contributed by atoms with E-state index in [1.807, 2.05) is 30.9 Å². The van der Waals surface area contributed by atoms with E-state index < -0.39 is 40.3 Å². The third kappa shape index (κ3) is 3.99. The Kier molecular flexibility index (Phi) is 6.10. The number of carbonyl (C=O) groups is 3. The Balaban J connectivity index is 1.54. The Hall–Kier alpha value is -3.99. The van der Waals surface area contributed by atoms with E-state index in [0.717, 1.165) is 16.2 Å². The van der Waals surface area contributed by atoms with Gasteiger partial charge in [-0.25, -0.2) is 4.79 Å². The van der Waals surface area contributed by atoms with Crippen LogP contribution in [0.15, 0.2) is 42.5 Å². The molecule has 0 aliphatic carbocycles. The van der Waals surface area contributed by atoms with Crippen LogP contribution in [0.3, 0.4) is 0 Å². The van der Waals surface area contributed by atoms with Crippen LogP contribution in [0.25, 0.3) is 0 Å². The number of ether oxygens (including phenoxy) is 2. The van der Waals surface area contributed by atoms with Crippen LogP contribution >= 0.6 is 0 Å². The van der Waals surface area contributed by atoms with Gasteiger partial charge in [0.2, 0.25) is 11.8 Å². The SMILES string of the molecule is COc1ccc(CCN2C(=O)NC(=O)[C@]3(Cc4cc([N+](=O)[O-])ccc4N4C[C@H](C)O[C@H](C)[C@@H]43)C2=O)cc1. The fourth-order valence-electron chi connectivity index (χ4n) is 5.91. The molecule has 4 atom stereocenters. The van der Waals surface area contributed by atoms with Crippen LogP contribution in [0.4, 0.5) is 16.2 Å². The zero-order chi connectivity index (χ0) is 26.5. The second kappa shape index (κ2) is 9.15. The highest BCUT2D eigenvalue weighted by atomic mass is 16.6. The molecular weight excluding hydrogens is 480 g/mol. The van der Waals surface area contributed by atoms with E-state index in [4.69, 9.17) is 9.47 Å². The number of non-ortho nitro benzene ring substituents is 1. The standard InChI is InChI=1S/C26H28N4O7/c1-15-14-29-21-9-6-19(30(34)35)12-18(21)13-26(22(29)16(2)37-15)23(31)27-25(33)28(24(26)32)11-10-17-4-7-20(36-3)8-5-17/h4-9,12,15-16,22H,10-11,13-14H2,1-3H3,(H,27,31,33)/t15-,16+,22+,26+/m0/s1. The molecule has 3 aliphatic rings. The molecule has 0 unspecified atom stereocenters. The van der Waals surface area contributed by atoms with Gasteiger partial charge >= 0.3 is 6.03 Å². The molecule has 3 aliphatic heterocycles. The lowest BCUT2D eigenvalue weighted by Gasteiger charge is -2.56. The molecule has 1 N–H and O–H groups in total. The van der Waals surface area contributed by atoms with Gasteiger partial charge in [0.1, 0.15) is 5.75 Å². The lowest BCUT2D eigenvalue weighted by molar-refractivity contribution is -0.384. The Bertz CT molecular complexity index is 1280. The summed E-state index contributed by atoms with van der Waals surface area (Å²) < 4.78 is 11.3. The van der Waals surface area contributed by atoms with Crippen molar-refractivity contribution in [3.8, 4) is 5.75 Å². The molecule has 2 saturated heterocycles. The largest absolute Gasteiger partial charge is 0.497 e. The van der Waals surface area contributed by atoms with Crippen molar-refractivity contribution < 1.29 is 28.8 Å². The lowest BCUT2D eigenvalue weighted by atomic mass is 9.66. The smallest absolute Gasteiger partial charge is 0.330 e. The predicted octanol–water partition coefficient (Wildman–Crippen LogP) is 2.45. The van der Waals surface area contributed by atoms with Gasteiger partial charge in [0, 0.05) is 37.3 Å². The molecule has 2 aromatic carbocycles. The second-order valence-electron chi connectivity index (χ2n) is 9.78. The summed E-state index contributed by atoms with van der Waals surface area (Å²) in [5.41, 5.74) is 0.320. The topological polar surface area (TPSA) is 131 Å². The monoisotopic (exact) mass is 508 g/mol. The molecule has 3 heterocycles. The van der Waals surface area contributed by atoms with Crippen molar-refractivity contribution in [2.45, 2.75) is 44.9 Å². The summed E-state index contributed by atoms with van der Waals surface area (Å²) in [7, 11) is 1.57. The molecule has 4 amide bonds. The predicted molar refractivity (Wildman–Crippen MR) is 132 cm³/mol. The third-order valence-electron chi connectivity index (χ3n) is 7.52. The van der Waals surface area contributed by atoms with Gasteiger partial charge < -0.3 is 14.4 Å². The minimum absolute atomic E-state index is 0.0617. The van der Waals surface area contributed by atoms with E-state index >= 15 is 0 Å². The highest BCUT2D eigenvalue weighted by Crippen LogP contribution is 2.48. The van der Waals surface area contributed by atoms with Crippen molar-refractivity contribution in [1.82, 2.24) is 10.2 Å². The number of carbonyl (C=O) groups excluding carboxylic acids is 3. The van der Waals surface area contributed by atoms with E-state index in [1.165, 1.54) is 12.1 Å². The maximum absolute atomic E-state index is 14.2. The summed E-state index contributed by atoms with van der Waals surface area (Å²) in [6.45, 7) is 4.16. The van der Waals surface area contributed by atoms with Gasteiger partial charge in [-0.2, -0.15) is 0 Å². The summed E-state index contributed by atoms with van der Waals surface area (Å²) in [4.78, 5) is 54.6. The molecular formula is C26H28N4O7. The molecule has 2 aromatic rings. The summed E-state index contributed by atoms with van der Waals surface area (Å²) in [6, 6.07) is 10.3. The van der Waals surface area contributed by atoms with Crippen LogP contribution in [0.1, 0.15) is 25.0 Å². The summed E-state index contributed by atoms with van der Waals surface area (Å²) >= 11 is 0. The van der Waals surface area contributed by atoms with E-state index in [2.05, 4.69) is 5.32 Å². The number of imide groups is 2. The molecule has 1 spiro atoms. The van der Waals surface area contributed by atoms with Crippen LogP contribution in [0.2, 0.25) is 0 Å². The molecule has 0 radical (unpaired) electrons. The van der Waals surface area contributed by atoms with Crippen LogP contribution in [0, 0.1) is 15.5 Å². The summed E-state index contributed by atoms with van der Waals surface area (Å²) in [6.07, 6.45) is -0.408. The first kappa shape index (κ1) is 24.7. The van der Waals surface area contributed by atoms with Gasteiger partial charge in [0.05, 0.1) is 30.3 Å². The van der Waals surface area contributed by atoms with Crippen LogP contribution in [-0.4, -0.2) is 66.1 Å².